The second-order valence-corrected chi connectivity index (χ2v) is 5.52. The van der Waals surface area contributed by atoms with E-state index in [1.54, 1.807) is 6.07 Å². The molecule has 0 saturated heterocycles. The zero-order chi connectivity index (χ0) is 14.1. The Bertz CT molecular complexity index is 731. The maximum atomic E-state index is 13.6. The molecule has 102 valence electrons. The Morgan fingerprint density at radius 1 is 1.00 bits per heavy atom. The van der Waals surface area contributed by atoms with E-state index in [9.17, 15) is 13.9 Å². The van der Waals surface area contributed by atoms with Crippen molar-refractivity contribution in [2.75, 3.05) is 0 Å². The summed E-state index contributed by atoms with van der Waals surface area (Å²) in [6.45, 7) is 0. The Morgan fingerprint density at radius 2 is 1.70 bits per heavy atom. The van der Waals surface area contributed by atoms with E-state index < -0.39 is 17.7 Å². The van der Waals surface area contributed by atoms with E-state index in [0.717, 1.165) is 10.1 Å². The molecule has 1 heterocycles. The lowest BCUT2D eigenvalue weighted by Crippen LogP contribution is -2.05. The number of thiophene rings is 1. The Hall–Kier alpha value is -1.78. The molecule has 0 amide bonds. The van der Waals surface area contributed by atoms with Crippen LogP contribution in [0.3, 0.4) is 0 Å². The first-order chi connectivity index (χ1) is 9.66. The Kier molecular flexibility index (Phi) is 3.51. The van der Waals surface area contributed by atoms with Crippen LogP contribution in [-0.2, 0) is 6.42 Å². The molecular formula is C16H12F2OS. The van der Waals surface area contributed by atoms with Crippen molar-refractivity contribution >= 4 is 21.4 Å². The summed E-state index contributed by atoms with van der Waals surface area (Å²) < 4.78 is 28.2. The summed E-state index contributed by atoms with van der Waals surface area (Å²) in [4.78, 5) is 0. The molecule has 0 aliphatic heterocycles. The first-order valence-electron chi connectivity index (χ1n) is 6.24. The van der Waals surface area contributed by atoms with Crippen LogP contribution in [0.5, 0.6) is 0 Å². The number of aliphatic hydroxyl groups excluding tert-OH is 1. The molecule has 2 aromatic carbocycles. The van der Waals surface area contributed by atoms with Crippen molar-refractivity contribution in [1.29, 1.82) is 0 Å². The molecule has 20 heavy (non-hydrogen) atoms. The minimum absolute atomic E-state index is 0.0739. The molecule has 1 aromatic heterocycles. The number of benzene rings is 2. The van der Waals surface area contributed by atoms with Crippen LogP contribution in [0.2, 0.25) is 0 Å². The van der Waals surface area contributed by atoms with Crippen LogP contribution in [0.1, 0.15) is 17.2 Å². The minimum Gasteiger partial charge on any atom is -0.388 e. The fraction of sp³-hybridized carbons (Fsp3) is 0.125. The number of aliphatic hydroxyl groups is 1. The van der Waals surface area contributed by atoms with E-state index >= 15 is 0 Å². The van der Waals surface area contributed by atoms with Crippen molar-refractivity contribution in [2.45, 2.75) is 12.5 Å². The second-order valence-electron chi connectivity index (χ2n) is 4.61. The molecule has 1 nitrogen and oxygen atoms in total. The first-order valence-corrected chi connectivity index (χ1v) is 7.12. The molecule has 0 aliphatic carbocycles. The second kappa shape index (κ2) is 5.31. The third kappa shape index (κ3) is 2.32. The number of hydrogen-bond donors (Lipinski definition) is 1. The molecule has 0 saturated carbocycles. The van der Waals surface area contributed by atoms with Crippen molar-refractivity contribution in [1.82, 2.24) is 0 Å². The Morgan fingerprint density at radius 3 is 2.45 bits per heavy atom. The maximum absolute atomic E-state index is 13.6. The molecular weight excluding hydrogens is 278 g/mol. The molecule has 1 unspecified atom stereocenters. The number of fused-ring (bicyclic) bond motifs is 1. The molecule has 0 fully saturated rings. The number of hydrogen-bond acceptors (Lipinski definition) is 2. The van der Waals surface area contributed by atoms with Gasteiger partial charge < -0.3 is 5.11 Å². The highest BCUT2D eigenvalue weighted by Gasteiger charge is 2.17. The normalized spacial score (nSPS) is 12.8. The SMILES string of the molecule is OC(Cc1c(F)cccc1F)c1cccc2ccsc12. The Balaban J connectivity index is 1.97. The molecule has 3 aromatic rings. The molecule has 0 aliphatic rings. The van der Waals surface area contributed by atoms with E-state index in [1.165, 1.54) is 29.5 Å². The van der Waals surface area contributed by atoms with Gasteiger partial charge in [-0.05, 0) is 34.5 Å². The lowest BCUT2D eigenvalue weighted by atomic mass is 10.00. The predicted octanol–water partition coefficient (Wildman–Crippen LogP) is 4.46. The monoisotopic (exact) mass is 290 g/mol. The van der Waals surface area contributed by atoms with E-state index in [-0.39, 0.29) is 12.0 Å². The fourth-order valence-corrected chi connectivity index (χ4v) is 3.27. The number of rotatable bonds is 3. The predicted molar refractivity (Wildman–Crippen MR) is 76.8 cm³/mol. The quantitative estimate of drug-likeness (QED) is 0.755. The van der Waals surface area contributed by atoms with Gasteiger partial charge >= 0.3 is 0 Å². The molecule has 1 N–H and O–H groups in total. The van der Waals surface area contributed by atoms with Crippen molar-refractivity contribution in [2.24, 2.45) is 0 Å². The topological polar surface area (TPSA) is 20.2 Å². The molecule has 0 bridgehead atoms. The standard InChI is InChI=1S/C16H12F2OS/c17-13-5-2-6-14(18)12(13)9-15(19)11-4-1-3-10-7-8-20-16(10)11/h1-8,15,19H,9H2. The molecule has 3 rings (SSSR count). The summed E-state index contributed by atoms with van der Waals surface area (Å²) >= 11 is 1.51. The van der Waals surface area contributed by atoms with Crippen LogP contribution in [0, 0.1) is 11.6 Å². The van der Waals surface area contributed by atoms with Crippen molar-refractivity contribution < 1.29 is 13.9 Å². The summed E-state index contributed by atoms with van der Waals surface area (Å²) in [6.07, 6.45) is -1.00. The zero-order valence-corrected chi connectivity index (χ0v) is 11.3. The molecule has 0 spiro atoms. The molecule has 4 heteroatoms. The maximum Gasteiger partial charge on any atom is 0.129 e. The average molecular weight is 290 g/mol. The van der Waals surface area contributed by atoms with Crippen LogP contribution in [0.25, 0.3) is 10.1 Å². The summed E-state index contributed by atoms with van der Waals surface area (Å²) in [7, 11) is 0. The summed E-state index contributed by atoms with van der Waals surface area (Å²) in [5.41, 5.74) is 0.633. The van der Waals surface area contributed by atoms with Gasteiger partial charge in [-0.15, -0.1) is 11.3 Å². The van der Waals surface area contributed by atoms with E-state index in [4.69, 9.17) is 0 Å². The van der Waals surface area contributed by atoms with Gasteiger partial charge in [0, 0.05) is 16.7 Å². The van der Waals surface area contributed by atoms with Gasteiger partial charge in [-0.1, -0.05) is 24.3 Å². The Labute approximate surface area is 119 Å². The highest BCUT2D eigenvalue weighted by atomic mass is 32.1. The summed E-state index contributed by atoms with van der Waals surface area (Å²) in [6, 6.07) is 11.3. The van der Waals surface area contributed by atoms with Gasteiger partial charge in [-0.25, -0.2) is 8.78 Å². The van der Waals surface area contributed by atoms with Gasteiger partial charge in [-0.2, -0.15) is 0 Å². The smallest absolute Gasteiger partial charge is 0.129 e. The van der Waals surface area contributed by atoms with Gasteiger partial charge in [0.25, 0.3) is 0 Å². The zero-order valence-electron chi connectivity index (χ0n) is 10.5. The fourth-order valence-electron chi connectivity index (χ4n) is 2.31. The lowest BCUT2D eigenvalue weighted by molar-refractivity contribution is 0.177. The van der Waals surface area contributed by atoms with Crippen LogP contribution >= 0.6 is 11.3 Å². The van der Waals surface area contributed by atoms with Crippen LogP contribution in [-0.4, -0.2) is 5.11 Å². The van der Waals surface area contributed by atoms with E-state index in [1.807, 2.05) is 23.6 Å². The van der Waals surface area contributed by atoms with E-state index in [2.05, 4.69) is 0 Å². The van der Waals surface area contributed by atoms with Gasteiger partial charge in [0.15, 0.2) is 0 Å². The van der Waals surface area contributed by atoms with Crippen molar-refractivity contribution in [3.8, 4) is 0 Å². The van der Waals surface area contributed by atoms with E-state index in [0.29, 0.717) is 5.56 Å². The van der Waals surface area contributed by atoms with Crippen LogP contribution in [0.15, 0.2) is 47.8 Å². The highest BCUT2D eigenvalue weighted by Crippen LogP contribution is 2.31. The van der Waals surface area contributed by atoms with Gasteiger partial charge in [0.05, 0.1) is 6.10 Å². The third-order valence-corrected chi connectivity index (χ3v) is 4.31. The van der Waals surface area contributed by atoms with Crippen LogP contribution in [0.4, 0.5) is 8.78 Å². The van der Waals surface area contributed by atoms with Gasteiger partial charge in [-0.3, -0.25) is 0 Å². The largest absolute Gasteiger partial charge is 0.388 e. The highest BCUT2D eigenvalue weighted by molar-refractivity contribution is 7.17. The number of halogens is 2. The van der Waals surface area contributed by atoms with Crippen molar-refractivity contribution in [3.63, 3.8) is 0 Å². The first kappa shape index (κ1) is 13.2. The molecule has 0 radical (unpaired) electrons. The minimum atomic E-state index is -0.927. The van der Waals surface area contributed by atoms with Crippen molar-refractivity contribution in [3.05, 3.63) is 70.6 Å². The average Bonchev–Trinajstić information content (AvgIpc) is 2.91. The van der Waals surface area contributed by atoms with Gasteiger partial charge in [0.2, 0.25) is 0 Å². The van der Waals surface area contributed by atoms with Crippen LogP contribution < -0.4 is 0 Å². The van der Waals surface area contributed by atoms with Gasteiger partial charge in [0.1, 0.15) is 11.6 Å². The lowest BCUT2D eigenvalue weighted by Gasteiger charge is -2.13. The molecule has 1 atom stereocenters. The third-order valence-electron chi connectivity index (χ3n) is 3.33. The summed E-state index contributed by atoms with van der Waals surface area (Å²) in [5, 5.41) is 13.3. The summed E-state index contributed by atoms with van der Waals surface area (Å²) in [5.74, 6) is -1.25.